The van der Waals surface area contributed by atoms with E-state index in [4.69, 9.17) is 5.84 Å². The van der Waals surface area contributed by atoms with E-state index < -0.39 is 0 Å². The molecule has 0 aliphatic carbocycles. The van der Waals surface area contributed by atoms with Crippen molar-refractivity contribution in [1.29, 1.82) is 0 Å². The third-order valence-corrected chi connectivity index (χ3v) is 2.70. The first-order valence-electron chi connectivity index (χ1n) is 6.57. The van der Waals surface area contributed by atoms with Crippen LogP contribution >= 0.6 is 0 Å². The van der Waals surface area contributed by atoms with Gasteiger partial charge in [0.05, 0.1) is 11.9 Å². The quantitative estimate of drug-likeness (QED) is 0.537. The Balaban J connectivity index is 2.84. The fourth-order valence-electron chi connectivity index (χ4n) is 1.51. The lowest BCUT2D eigenvalue weighted by Crippen LogP contribution is -2.28. The number of anilines is 1. The summed E-state index contributed by atoms with van der Waals surface area (Å²) < 4.78 is 0. The highest BCUT2D eigenvalue weighted by Crippen LogP contribution is 2.15. The molecule has 0 saturated heterocycles. The topological polar surface area (TPSA) is 92.9 Å². The molecule has 0 spiro atoms. The summed E-state index contributed by atoms with van der Waals surface area (Å²) in [6.45, 7) is 8.80. The average Bonchev–Trinajstić information content (AvgIpc) is 2.37. The second-order valence-corrected chi connectivity index (χ2v) is 5.23. The maximum Gasteiger partial charge on any atom is 0.272 e. The number of nitrogen functional groups attached to an aromatic ring is 1. The van der Waals surface area contributed by atoms with Gasteiger partial charge >= 0.3 is 0 Å². The van der Waals surface area contributed by atoms with Gasteiger partial charge in [-0.05, 0) is 12.3 Å². The van der Waals surface area contributed by atoms with Gasteiger partial charge in [0, 0.05) is 12.5 Å². The zero-order valence-electron chi connectivity index (χ0n) is 12.0. The van der Waals surface area contributed by atoms with Gasteiger partial charge in [0.2, 0.25) is 0 Å². The van der Waals surface area contributed by atoms with Crippen molar-refractivity contribution >= 4 is 11.6 Å². The van der Waals surface area contributed by atoms with Crippen LogP contribution in [0.15, 0.2) is 6.20 Å². The highest BCUT2D eigenvalue weighted by molar-refractivity contribution is 5.97. The van der Waals surface area contributed by atoms with Crippen LogP contribution in [0, 0.1) is 5.92 Å². The highest BCUT2D eigenvalue weighted by atomic mass is 16.1. The van der Waals surface area contributed by atoms with E-state index in [0.29, 0.717) is 29.7 Å². The number of hydrogen-bond donors (Lipinski definition) is 3. The molecule has 4 N–H and O–H groups in total. The summed E-state index contributed by atoms with van der Waals surface area (Å²) in [5.74, 6) is 6.50. The minimum Gasteiger partial charge on any atom is -0.351 e. The molecule has 6 heteroatoms. The summed E-state index contributed by atoms with van der Waals surface area (Å²) in [5.41, 5.74) is 3.19. The number of carbonyl (C=O) groups excluding carboxylic acids is 1. The lowest BCUT2D eigenvalue weighted by molar-refractivity contribution is 0.0947. The van der Waals surface area contributed by atoms with E-state index in [-0.39, 0.29) is 11.8 Å². The summed E-state index contributed by atoms with van der Waals surface area (Å²) in [5, 5.41) is 2.85. The van der Waals surface area contributed by atoms with Gasteiger partial charge in [0.15, 0.2) is 5.69 Å². The van der Waals surface area contributed by atoms with Crippen LogP contribution in [0.3, 0.4) is 0 Å². The molecule has 1 aromatic heterocycles. The predicted octanol–water partition coefficient (Wildman–Crippen LogP) is 1.66. The summed E-state index contributed by atoms with van der Waals surface area (Å²) >= 11 is 0. The van der Waals surface area contributed by atoms with Gasteiger partial charge in [-0.2, -0.15) is 0 Å². The molecule has 0 atom stereocenters. The van der Waals surface area contributed by atoms with Crippen molar-refractivity contribution in [2.24, 2.45) is 11.8 Å². The zero-order valence-corrected chi connectivity index (χ0v) is 12.0. The molecule has 0 aliphatic rings. The molecule has 0 fully saturated rings. The molecule has 0 aliphatic heterocycles. The summed E-state index contributed by atoms with van der Waals surface area (Å²) in [6, 6.07) is 0. The largest absolute Gasteiger partial charge is 0.351 e. The number of nitrogens with zero attached hydrogens (tertiary/aromatic N) is 2. The Bertz CT molecular complexity index is 431. The molecular weight excluding hydrogens is 242 g/mol. The van der Waals surface area contributed by atoms with Crippen molar-refractivity contribution in [2.45, 2.75) is 40.0 Å². The van der Waals surface area contributed by atoms with Crippen LogP contribution in [-0.4, -0.2) is 22.4 Å². The lowest BCUT2D eigenvalue weighted by Gasteiger charge is -2.12. The van der Waals surface area contributed by atoms with Crippen LogP contribution in [0.5, 0.6) is 0 Å². The van der Waals surface area contributed by atoms with Crippen LogP contribution in [0.1, 0.15) is 56.3 Å². The second kappa shape index (κ2) is 7.04. The van der Waals surface area contributed by atoms with Gasteiger partial charge in [-0.15, -0.1) is 0 Å². The molecule has 1 heterocycles. The minimum atomic E-state index is -0.224. The number of hydrogen-bond acceptors (Lipinski definition) is 5. The number of nitrogens with one attached hydrogen (secondary N) is 2. The predicted molar refractivity (Wildman–Crippen MR) is 75.7 cm³/mol. The molecule has 6 nitrogen and oxygen atoms in total. The van der Waals surface area contributed by atoms with Crippen molar-refractivity contribution < 1.29 is 4.79 Å². The molecule has 1 aromatic rings. The smallest absolute Gasteiger partial charge is 0.272 e. The minimum absolute atomic E-state index is 0.161. The Labute approximate surface area is 114 Å². The number of rotatable bonds is 6. The fraction of sp³-hybridized carbons (Fsp3) is 0.615. The molecule has 19 heavy (non-hydrogen) atoms. The third-order valence-electron chi connectivity index (χ3n) is 2.70. The van der Waals surface area contributed by atoms with Crippen LogP contribution in [0.25, 0.3) is 0 Å². The monoisotopic (exact) mass is 265 g/mol. The molecular formula is C13H23N5O. The number of hydrazine groups is 1. The van der Waals surface area contributed by atoms with Gasteiger partial charge < -0.3 is 10.7 Å². The van der Waals surface area contributed by atoms with E-state index in [1.807, 2.05) is 13.8 Å². The van der Waals surface area contributed by atoms with Crippen LogP contribution in [-0.2, 0) is 0 Å². The fourth-order valence-corrected chi connectivity index (χ4v) is 1.51. The molecule has 0 unspecified atom stereocenters. The van der Waals surface area contributed by atoms with Crippen LogP contribution in [0.4, 0.5) is 5.69 Å². The SMILES string of the molecule is CC(C)CCNC(=O)c1nc(C(C)C)ncc1NN. The van der Waals surface area contributed by atoms with Crippen molar-refractivity contribution in [3.05, 3.63) is 17.7 Å². The Morgan fingerprint density at radius 2 is 2.05 bits per heavy atom. The first kappa shape index (κ1) is 15.4. The van der Waals surface area contributed by atoms with E-state index in [1.165, 1.54) is 0 Å². The van der Waals surface area contributed by atoms with Crippen LogP contribution < -0.4 is 16.6 Å². The van der Waals surface area contributed by atoms with E-state index in [0.717, 1.165) is 6.42 Å². The van der Waals surface area contributed by atoms with E-state index in [9.17, 15) is 4.79 Å². The molecule has 1 amide bonds. The zero-order chi connectivity index (χ0) is 14.4. The molecule has 0 saturated carbocycles. The van der Waals surface area contributed by atoms with Gasteiger partial charge in [0.25, 0.3) is 5.91 Å². The van der Waals surface area contributed by atoms with Gasteiger partial charge in [-0.1, -0.05) is 27.7 Å². The number of aromatic nitrogens is 2. The normalized spacial score (nSPS) is 10.9. The summed E-state index contributed by atoms with van der Waals surface area (Å²) in [6.07, 6.45) is 2.47. The van der Waals surface area contributed by atoms with Crippen molar-refractivity contribution in [3.8, 4) is 0 Å². The Hall–Kier alpha value is -1.69. The van der Waals surface area contributed by atoms with Crippen LogP contribution in [0.2, 0.25) is 0 Å². The van der Waals surface area contributed by atoms with Gasteiger partial charge in [0.1, 0.15) is 5.82 Å². The Kier molecular flexibility index (Phi) is 5.69. The number of carbonyl (C=O) groups is 1. The lowest BCUT2D eigenvalue weighted by atomic mass is 10.1. The Morgan fingerprint density at radius 3 is 2.58 bits per heavy atom. The molecule has 1 rings (SSSR count). The summed E-state index contributed by atoms with van der Waals surface area (Å²) in [4.78, 5) is 20.5. The Morgan fingerprint density at radius 1 is 1.37 bits per heavy atom. The van der Waals surface area contributed by atoms with Crippen molar-refractivity contribution in [1.82, 2.24) is 15.3 Å². The van der Waals surface area contributed by atoms with Crippen molar-refractivity contribution in [2.75, 3.05) is 12.0 Å². The maximum absolute atomic E-state index is 12.1. The summed E-state index contributed by atoms with van der Waals surface area (Å²) in [7, 11) is 0. The molecule has 106 valence electrons. The first-order chi connectivity index (χ1) is 8.95. The molecule has 0 aromatic carbocycles. The number of amides is 1. The first-order valence-corrected chi connectivity index (χ1v) is 6.57. The van der Waals surface area contributed by atoms with Crippen molar-refractivity contribution in [3.63, 3.8) is 0 Å². The van der Waals surface area contributed by atoms with E-state index in [2.05, 4.69) is 34.6 Å². The van der Waals surface area contributed by atoms with E-state index >= 15 is 0 Å². The number of nitrogens with two attached hydrogens (primary N) is 1. The highest BCUT2D eigenvalue weighted by Gasteiger charge is 2.15. The molecule has 0 bridgehead atoms. The average molecular weight is 265 g/mol. The van der Waals surface area contributed by atoms with E-state index in [1.54, 1.807) is 6.20 Å². The molecule has 0 radical (unpaired) electrons. The van der Waals surface area contributed by atoms with Gasteiger partial charge in [-0.3, -0.25) is 10.6 Å². The maximum atomic E-state index is 12.1. The van der Waals surface area contributed by atoms with Gasteiger partial charge in [-0.25, -0.2) is 9.97 Å². The standard InChI is InChI=1S/C13H23N5O/c1-8(2)5-6-15-13(19)11-10(18-14)7-16-12(17-11)9(3)4/h7-9,18H,5-6,14H2,1-4H3,(H,15,19). The third kappa shape index (κ3) is 4.48. The second-order valence-electron chi connectivity index (χ2n) is 5.23.